The minimum absolute atomic E-state index is 0.130. The average molecular weight is 498 g/mol. The monoisotopic (exact) mass is 497 g/mol. The van der Waals surface area contributed by atoms with E-state index in [0.717, 1.165) is 27.2 Å². The summed E-state index contributed by atoms with van der Waals surface area (Å²) in [4.78, 5) is 31.7. The maximum absolute atomic E-state index is 14.1. The Kier molecular flexibility index (Phi) is 6.02. The molecule has 0 aliphatic rings. The van der Waals surface area contributed by atoms with E-state index in [1.54, 1.807) is 18.3 Å². The van der Waals surface area contributed by atoms with Gasteiger partial charge in [0.05, 0.1) is 18.2 Å². The number of methoxy groups -OCH3 is 1. The molecule has 38 heavy (non-hydrogen) atoms. The van der Waals surface area contributed by atoms with Crippen molar-refractivity contribution in [2.75, 3.05) is 7.11 Å². The lowest BCUT2D eigenvalue weighted by Crippen LogP contribution is -2.12. The quantitative estimate of drug-likeness (QED) is 0.179. The summed E-state index contributed by atoms with van der Waals surface area (Å²) < 4.78 is 11.6. The Hall–Kier alpha value is -5.03. The SMILES string of the molecule is COC(=O)c1c(-c2ccc3ccccc3c2)oc(Cc2ccccc2)c1C(=O)c1ccc2ncccc2c1. The van der Waals surface area contributed by atoms with E-state index in [0.29, 0.717) is 29.1 Å². The van der Waals surface area contributed by atoms with Gasteiger partial charge < -0.3 is 9.15 Å². The molecule has 4 aromatic carbocycles. The van der Waals surface area contributed by atoms with Crippen LogP contribution in [0.2, 0.25) is 0 Å². The molecule has 5 nitrogen and oxygen atoms in total. The summed E-state index contributed by atoms with van der Waals surface area (Å²) in [6.07, 6.45) is 2.05. The third-order valence-corrected chi connectivity index (χ3v) is 6.68. The van der Waals surface area contributed by atoms with Crippen LogP contribution in [-0.4, -0.2) is 23.8 Å². The summed E-state index contributed by atoms with van der Waals surface area (Å²) in [7, 11) is 1.31. The Bertz CT molecular complexity index is 1820. The van der Waals surface area contributed by atoms with Gasteiger partial charge in [-0.2, -0.15) is 0 Å². The lowest BCUT2D eigenvalue weighted by atomic mass is 9.94. The minimum atomic E-state index is -0.623. The van der Waals surface area contributed by atoms with Gasteiger partial charge in [-0.15, -0.1) is 0 Å². The number of carbonyl (C=O) groups excluding carboxylic acids is 2. The highest BCUT2D eigenvalue weighted by atomic mass is 16.5. The number of ketones is 1. The summed E-state index contributed by atoms with van der Waals surface area (Å²) in [6, 6.07) is 32.6. The van der Waals surface area contributed by atoms with Crippen molar-refractivity contribution in [3.63, 3.8) is 0 Å². The zero-order chi connectivity index (χ0) is 26.1. The smallest absolute Gasteiger partial charge is 0.342 e. The maximum atomic E-state index is 14.1. The van der Waals surface area contributed by atoms with Crippen molar-refractivity contribution < 1.29 is 18.7 Å². The summed E-state index contributed by atoms with van der Waals surface area (Å²) in [5.74, 6) is -0.199. The summed E-state index contributed by atoms with van der Waals surface area (Å²) in [5, 5.41) is 2.89. The Labute approximate surface area is 219 Å². The highest BCUT2D eigenvalue weighted by Crippen LogP contribution is 2.36. The first-order valence-corrected chi connectivity index (χ1v) is 12.3. The molecule has 6 rings (SSSR count). The Morgan fingerprint density at radius 2 is 1.53 bits per heavy atom. The van der Waals surface area contributed by atoms with E-state index in [1.807, 2.05) is 91.0 Å². The van der Waals surface area contributed by atoms with Crippen LogP contribution in [0.25, 0.3) is 33.0 Å². The zero-order valence-corrected chi connectivity index (χ0v) is 20.7. The third kappa shape index (κ3) is 4.24. The summed E-state index contributed by atoms with van der Waals surface area (Å²) >= 11 is 0. The number of hydrogen-bond acceptors (Lipinski definition) is 5. The van der Waals surface area contributed by atoms with Crippen LogP contribution in [0.3, 0.4) is 0 Å². The molecule has 0 radical (unpaired) electrons. The van der Waals surface area contributed by atoms with E-state index < -0.39 is 5.97 Å². The number of rotatable bonds is 6. The fourth-order valence-electron chi connectivity index (χ4n) is 4.82. The van der Waals surface area contributed by atoms with Gasteiger partial charge >= 0.3 is 5.97 Å². The van der Waals surface area contributed by atoms with Crippen molar-refractivity contribution in [1.29, 1.82) is 0 Å². The second kappa shape index (κ2) is 9.79. The van der Waals surface area contributed by atoms with Crippen molar-refractivity contribution in [3.8, 4) is 11.3 Å². The summed E-state index contributed by atoms with van der Waals surface area (Å²) in [5.41, 5.74) is 3.22. The van der Waals surface area contributed by atoms with Crippen molar-refractivity contribution in [2.45, 2.75) is 6.42 Å². The van der Waals surface area contributed by atoms with E-state index in [4.69, 9.17) is 9.15 Å². The van der Waals surface area contributed by atoms with Gasteiger partial charge in [-0.3, -0.25) is 9.78 Å². The topological polar surface area (TPSA) is 69.4 Å². The second-order valence-corrected chi connectivity index (χ2v) is 9.06. The van der Waals surface area contributed by atoms with Crippen LogP contribution >= 0.6 is 0 Å². The number of carbonyl (C=O) groups is 2. The van der Waals surface area contributed by atoms with Crippen LogP contribution in [0.15, 0.2) is 114 Å². The van der Waals surface area contributed by atoms with Crippen LogP contribution in [0.5, 0.6) is 0 Å². The second-order valence-electron chi connectivity index (χ2n) is 9.06. The minimum Gasteiger partial charge on any atom is -0.465 e. The van der Waals surface area contributed by atoms with Gasteiger partial charge in [-0.05, 0) is 46.7 Å². The van der Waals surface area contributed by atoms with Gasteiger partial charge in [0, 0.05) is 29.1 Å². The lowest BCUT2D eigenvalue weighted by Gasteiger charge is -2.07. The Balaban J connectivity index is 1.58. The predicted molar refractivity (Wildman–Crippen MR) is 147 cm³/mol. The molecule has 0 saturated carbocycles. The van der Waals surface area contributed by atoms with E-state index >= 15 is 0 Å². The van der Waals surface area contributed by atoms with Gasteiger partial charge in [0.25, 0.3) is 0 Å². The zero-order valence-electron chi connectivity index (χ0n) is 20.7. The number of fused-ring (bicyclic) bond motifs is 2. The van der Waals surface area contributed by atoms with Crippen LogP contribution < -0.4 is 0 Å². The van der Waals surface area contributed by atoms with Crippen LogP contribution in [0.1, 0.15) is 37.6 Å². The van der Waals surface area contributed by atoms with Gasteiger partial charge in [0.2, 0.25) is 0 Å². The first-order chi connectivity index (χ1) is 18.6. The number of pyridine rings is 1. The molecule has 0 aliphatic heterocycles. The first kappa shape index (κ1) is 23.4. The van der Waals surface area contributed by atoms with Gasteiger partial charge in [0.1, 0.15) is 17.1 Å². The van der Waals surface area contributed by atoms with Crippen molar-refractivity contribution in [3.05, 3.63) is 137 Å². The van der Waals surface area contributed by atoms with Gasteiger partial charge in [-0.25, -0.2) is 4.79 Å². The molecular weight excluding hydrogens is 474 g/mol. The molecule has 0 bridgehead atoms. The van der Waals surface area contributed by atoms with E-state index in [1.165, 1.54) is 7.11 Å². The third-order valence-electron chi connectivity index (χ3n) is 6.68. The molecule has 0 N–H and O–H groups in total. The highest BCUT2D eigenvalue weighted by Gasteiger charge is 2.32. The van der Waals surface area contributed by atoms with Gasteiger partial charge in [0.15, 0.2) is 5.78 Å². The molecule has 5 heteroatoms. The van der Waals surface area contributed by atoms with Crippen molar-refractivity contribution >= 4 is 33.4 Å². The van der Waals surface area contributed by atoms with Crippen LogP contribution in [0.4, 0.5) is 0 Å². The highest BCUT2D eigenvalue weighted by molar-refractivity contribution is 6.18. The number of nitrogens with zero attached hydrogens (tertiary/aromatic N) is 1. The fourth-order valence-corrected chi connectivity index (χ4v) is 4.82. The predicted octanol–water partition coefficient (Wildman–Crippen LogP) is 7.26. The molecule has 0 spiro atoms. The van der Waals surface area contributed by atoms with Crippen molar-refractivity contribution in [2.24, 2.45) is 0 Å². The summed E-state index contributed by atoms with van der Waals surface area (Å²) in [6.45, 7) is 0. The molecule has 0 saturated heterocycles. The average Bonchev–Trinajstić information content (AvgIpc) is 3.35. The lowest BCUT2D eigenvalue weighted by molar-refractivity contribution is 0.0598. The van der Waals surface area contributed by atoms with E-state index in [2.05, 4.69) is 4.98 Å². The molecule has 0 amide bonds. The molecule has 0 atom stereocenters. The first-order valence-electron chi connectivity index (χ1n) is 12.3. The molecule has 0 aliphatic carbocycles. The van der Waals surface area contributed by atoms with Gasteiger partial charge in [-0.1, -0.05) is 72.8 Å². The molecule has 2 heterocycles. The van der Waals surface area contributed by atoms with Crippen LogP contribution in [0, 0.1) is 0 Å². The number of hydrogen-bond donors (Lipinski definition) is 0. The molecular formula is C33H23NO4. The van der Waals surface area contributed by atoms with Crippen molar-refractivity contribution in [1.82, 2.24) is 4.98 Å². The number of esters is 1. The molecule has 0 fully saturated rings. The number of benzene rings is 4. The number of aromatic nitrogens is 1. The maximum Gasteiger partial charge on any atom is 0.342 e. The number of ether oxygens (including phenoxy) is 1. The largest absolute Gasteiger partial charge is 0.465 e. The fraction of sp³-hybridized carbons (Fsp3) is 0.0606. The molecule has 0 unspecified atom stereocenters. The molecule has 184 valence electrons. The normalized spacial score (nSPS) is 11.1. The molecule has 6 aromatic rings. The van der Waals surface area contributed by atoms with E-state index in [-0.39, 0.29) is 16.9 Å². The number of furan rings is 1. The standard InChI is InChI=1S/C33H23NO4/c1-37-33(36)30-29(31(35)25-15-16-27-24(20-25)12-7-17-34-27)28(18-21-8-3-2-4-9-21)38-32(30)26-14-13-22-10-5-6-11-23(22)19-26/h2-17,19-20H,18H2,1H3. The molecule has 2 aromatic heterocycles. The van der Waals surface area contributed by atoms with E-state index in [9.17, 15) is 9.59 Å². The Morgan fingerprint density at radius 3 is 2.34 bits per heavy atom. The van der Waals surface area contributed by atoms with Crippen LogP contribution in [-0.2, 0) is 11.2 Å². The Morgan fingerprint density at radius 1 is 0.763 bits per heavy atom.